The zero-order valence-corrected chi connectivity index (χ0v) is 11.3. The Hall–Kier alpha value is -2.04. The second-order valence-electron chi connectivity index (χ2n) is 5.06. The molecule has 0 saturated carbocycles. The largest absolute Gasteiger partial charge is 0.399 e. The number of nitrogen functional groups attached to an aromatic ring is 1. The van der Waals surface area contributed by atoms with Crippen molar-refractivity contribution in [2.45, 2.75) is 26.4 Å². The van der Waals surface area contributed by atoms with Gasteiger partial charge in [-0.2, -0.15) is 0 Å². The molecule has 19 heavy (non-hydrogen) atoms. The van der Waals surface area contributed by atoms with Crippen LogP contribution in [0.3, 0.4) is 0 Å². The van der Waals surface area contributed by atoms with E-state index in [0.717, 1.165) is 5.56 Å². The molecule has 5 nitrogen and oxygen atoms in total. The fraction of sp³-hybridized carbons (Fsp3) is 0.429. The van der Waals surface area contributed by atoms with Crippen LogP contribution >= 0.6 is 0 Å². The van der Waals surface area contributed by atoms with Crippen LogP contribution in [0, 0.1) is 0 Å². The highest BCUT2D eigenvalue weighted by Gasteiger charge is 2.33. The van der Waals surface area contributed by atoms with Gasteiger partial charge in [-0.3, -0.25) is 9.59 Å². The third kappa shape index (κ3) is 2.86. The number of hydrogen-bond acceptors (Lipinski definition) is 3. The first-order valence-electron chi connectivity index (χ1n) is 6.43. The lowest BCUT2D eigenvalue weighted by Gasteiger charge is -2.36. The van der Waals surface area contributed by atoms with Gasteiger partial charge in [0.15, 0.2) is 0 Å². The van der Waals surface area contributed by atoms with Crippen molar-refractivity contribution in [3.05, 3.63) is 29.8 Å². The Morgan fingerprint density at radius 1 is 1.11 bits per heavy atom. The first-order valence-corrected chi connectivity index (χ1v) is 6.43. The number of hydrogen-bond donors (Lipinski definition) is 1. The van der Waals surface area contributed by atoms with Crippen molar-refractivity contribution in [3.63, 3.8) is 0 Å². The second kappa shape index (κ2) is 5.30. The minimum Gasteiger partial charge on any atom is -0.399 e. The highest BCUT2D eigenvalue weighted by atomic mass is 16.2. The third-order valence-electron chi connectivity index (χ3n) is 3.32. The Balaban J connectivity index is 2.05. The molecule has 1 fully saturated rings. The smallest absolute Gasteiger partial charge is 0.312 e. The van der Waals surface area contributed by atoms with Gasteiger partial charge in [0, 0.05) is 31.4 Å². The lowest BCUT2D eigenvalue weighted by Crippen LogP contribution is -2.55. The SMILES string of the molecule is CC(C)N1CCN(Cc2ccc(N)cc2)C(=O)C1=O. The molecule has 1 heterocycles. The van der Waals surface area contributed by atoms with Crippen LogP contribution in [-0.4, -0.2) is 40.7 Å². The summed E-state index contributed by atoms with van der Waals surface area (Å²) in [6.45, 7) is 5.46. The van der Waals surface area contributed by atoms with E-state index in [1.807, 2.05) is 26.0 Å². The maximum absolute atomic E-state index is 12.0. The molecule has 1 aliphatic rings. The van der Waals surface area contributed by atoms with Gasteiger partial charge in [-0.05, 0) is 31.5 Å². The summed E-state index contributed by atoms with van der Waals surface area (Å²) in [5, 5.41) is 0. The highest BCUT2D eigenvalue weighted by molar-refractivity contribution is 6.35. The van der Waals surface area contributed by atoms with E-state index in [0.29, 0.717) is 25.3 Å². The van der Waals surface area contributed by atoms with Gasteiger partial charge in [0.1, 0.15) is 0 Å². The number of anilines is 1. The summed E-state index contributed by atoms with van der Waals surface area (Å²) in [5.74, 6) is -0.825. The zero-order chi connectivity index (χ0) is 14.0. The number of carbonyl (C=O) groups excluding carboxylic acids is 2. The monoisotopic (exact) mass is 261 g/mol. The van der Waals surface area contributed by atoms with Crippen LogP contribution in [-0.2, 0) is 16.1 Å². The summed E-state index contributed by atoms with van der Waals surface area (Å²) in [4.78, 5) is 27.2. The molecule has 2 rings (SSSR count). The number of benzene rings is 1. The van der Waals surface area contributed by atoms with Crippen LogP contribution in [0.4, 0.5) is 5.69 Å². The van der Waals surface area contributed by atoms with E-state index in [1.165, 1.54) is 0 Å². The minimum atomic E-state index is -0.420. The summed E-state index contributed by atoms with van der Waals surface area (Å²) >= 11 is 0. The van der Waals surface area contributed by atoms with Crippen LogP contribution in [0.1, 0.15) is 19.4 Å². The number of carbonyl (C=O) groups is 2. The van der Waals surface area contributed by atoms with Gasteiger partial charge in [-0.25, -0.2) is 0 Å². The van der Waals surface area contributed by atoms with Crippen molar-refractivity contribution < 1.29 is 9.59 Å². The molecule has 1 aromatic carbocycles. The van der Waals surface area contributed by atoms with Crippen molar-refractivity contribution in [2.75, 3.05) is 18.8 Å². The molecular formula is C14H19N3O2. The molecule has 2 N–H and O–H groups in total. The van der Waals surface area contributed by atoms with Gasteiger partial charge < -0.3 is 15.5 Å². The molecule has 0 spiro atoms. The predicted molar refractivity (Wildman–Crippen MR) is 73.1 cm³/mol. The average Bonchev–Trinajstić information content (AvgIpc) is 2.37. The van der Waals surface area contributed by atoms with Crippen LogP contribution in [0.25, 0.3) is 0 Å². The molecule has 0 unspecified atom stereocenters. The molecule has 2 amide bonds. The Kier molecular flexibility index (Phi) is 3.74. The van der Waals surface area contributed by atoms with Gasteiger partial charge in [-0.1, -0.05) is 12.1 Å². The Bertz CT molecular complexity index is 482. The molecule has 0 atom stereocenters. The third-order valence-corrected chi connectivity index (χ3v) is 3.32. The van der Waals surface area contributed by atoms with Crippen molar-refractivity contribution in [2.24, 2.45) is 0 Å². The number of nitrogens with two attached hydrogens (primary N) is 1. The van der Waals surface area contributed by atoms with E-state index in [2.05, 4.69) is 0 Å². The Morgan fingerprint density at radius 2 is 1.74 bits per heavy atom. The molecule has 5 heteroatoms. The molecule has 1 aliphatic heterocycles. The topological polar surface area (TPSA) is 66.6 Å². The standard InChI is InChI=1S/C14H19N3O2/c1-10(2)17-8-7-16(13(18)14(17)19)9-11-3-5-12(15)6-4-11/h3-6,10H,7-9,15H2,1-2H3. The van der Waals surface area contributed by atoms with Crippen molar-refractivity contribution in [1.29, 1.82) is 0 Å². The fourth-order valence-corrected chi connectivity index (χ4v) is 2.18. The maximum Gasteiger partial charge on any atom is 0.312 e. The summed E-state index contributed by atoms with van der Waals surface area (Å²) < 4.78 is 0. The molecule has 1 saturated heterocycles. The summed E-state index contributed by atoms with van der Waals surface area (Å²) in [6, 6.07) is 7.41. The van der Waals surface area contributed by atoms with Crippen molar-refractivity contribution in [1.82, 2.24) is 9.80 Å². The highest BCUT2D eigenvalue weighted by Crippen LogP contribution is 2.13. The first-order chi connectivity index (χ1) is 8.99. The van der Waals surface area contributed by atoms with E-state index >= 15 is 0 Å². The molecule has 0 aliphatic carbocycles. The summed E-state index contributed by atoms with van der Waals surface area (Å²) in [7, 11) is 0. The Morgan fingerprint density at radius 3 is 2.32 bits per heavy atom. The lowest BCUT2D eigenvalue weighted by atomic mass is 10.1. The van der Waals surface area contributed by atoms with Gasteiger partial charge in [0.25, 0.3) is 0 Å². The molecular weight excluding hydrogens is 242 g/mol. The van der Waals surface area contributed by atoms with Gasteiger partial charge in [0.05, 0.1) is 0 Å². The van der Waals surface area contributed by atoms with E-state index in [-0.39, 0.29) is 6.04 Å². The van der Waals surface area contributed by atoms with Gasteiger partial charge in [0.2, 0.25) is 0 Å². The molecule has 1 aromatic rings. The average molecular weight is 261 g/mol. The lowest BCUT2D eigenvalue weighted by molar-refractivity contribution is -0.157. The normalized spacial score (nSPS) is 16.4. The summed E-state index contributed by atoms with van der Waals surface area (Å²) in [5.41, 5.74) is 7.29. The number of amides is 2. The molecule has 0 aromatic heterocycles. The number of rotatable bonds is 3. The van der Waals surface area contributed by atoms with E-state index in [9.17, 15) is 9.59 Å². The second-order valence-corrected chi connectivity index (χ2v) is 5.06. The minimum absolute atomic E-state index is 0.0649. The van der Waals surface area contributed by atoms with E-state index < -0.39 is 11.8 Å². The van der Waals surface area contributed by atoms with Crippen molar-refractivity contribution >= 4 is 17.5 Å². The van der Waals surface area contributed by atoms with Crippen molar-refractivity contribution in [3.8, 4) is 0 Å². The molecule has 102 valence electrons. The van der Waals surface area contributed by atoms with Crippen LogP contribution in [0.2, 0.25) is 0 Å². The van der Waals surface area contributed by atoms with Crippen LogP contribution < -0.4 is 5.73 Å². The number of nitrogens with zero attached hydrogens (tertiary/aromatic N) is 2. The first kappa shape index (κ1) is 13.4. The molecule has 0 bridgehead atoms. The number of piperazine rings is 1. The quantitative estimate of drug-likeness (QED) is 0.648. The van der Waals surface area contributed by atoms with Crippen LogP contribution in [0.15, 0.2) is 24.3 Å². The molecule has 0 radical (unpaired) electrons. The Labute approximate surface area is 113 Å². The van der Waals surface area contributed by atoms with Crippen LogP contribution in [0.5, 0.6) is 0 Å². The van der Waals surface area contributed by atoms with Gasteiger partial charge >= 0.3 is 11.8 Å². The fourth-order valence-electron chi connectivity index (χ4n) is 2.18. The zero-order valence-electron chi connectivity index (χ0n) is 11.3. The summed E-state index contributed by atoms with van der Waals surface area (Å²) in [6.07, 6.45) is 0. The maximum atomic E-state index is 12.0. The van der Waals surface area contributed by atoms with E-state index in [1.54, 1.807) is 21.9 Å². The van der Waals surface area contributed by atoms with Gasteiger partial charge in [-0.15, -0.1) is 0 Å². The van der Waals surface area contributed by atoms with E-state index in [4.69, 9.17) is 5.73 Å². The predicted octanol–water partition coefficient (Wildman–Crippen LogP) is 0.848.